The van der Waals surface area contributed by atoms with Crippen LogP contribution in [0.3, 0.4) is 0 Å². The lowest BCUT2D eigenvalue weighted by atomic mass is 10.1. The van der Waals surface area contributed by atoms with Crippen LogP contribution in [-0.2, 0) is 9.78 Å². The molecule has 0 aliphatic heterocycles. The van der Waals surface area contributed by atoms with Crippen molar-refractivity contribution in [3.8, 4) is 0 Å². The standard InChI is InChI=1S/C9H21NO2/c1-6-9(10,7-2)12-11-8(3,4)5/h6-7,10H2,1-5H3. The molecule has 3 heteroatoms. The van der Waals surface area contributed by atoms with Crippen LogP contribution in [0.2, 0.25) is 0 Å². The van der Waals surface area contributed by atoms with Gasteiger partial charge >= 0.3 is 0 Å². The molecule has 0 aromatic rings. The Labute approximate surface area is 75.2 Å². The zero-order valence-electron chi connectivity index (χ0n) is 8.81. The predicted molar refractivity (Wildman–Crippen MR) is 49.4 cm³/mol. The van der Waals surface area contributed by atoms with Gasteiger partial charge in [0.2, 0.25) is 0 Å². The lowest BCUT2D eigenvalue weighted by molar-refractivity contribution is -0.404. The molecule has 0 atom stereocenters. The highest BCUT2D eigenvalue weighted by Crippen LogP contribution is 2.17. The molecule has 12 heavy (non-hydrogen) atoms. The van der Waals surface area contributed by atoms with E-state index >= 15 is 0 Å². The molecule has 0 bridgehead atoms. The summed E-state index contributed by atoms with van der Waals surface area (Å²) in [4.78, 5) is 10.3. The minimum Gasteiger partial charge on any atom is -0.301 e. The van der Waals surface area contributed by atoms with Crippen molar-refractivity contribution in [2.45, 2.75) is 58.8 Å². The average Bonchev–Trinajstić information content (AvgIpc) is 1.99. The molecule has 0 spiro atoms. The number of nitrogens with two attached hydrogens (primary N) is 1. The number of hydrogen-bond donors (Lipinski definition) is 1. The van der Waals surface area contributed by atoms with Crippen molar-refractivity contribution in [3.63, 3.8) is 0 Å². The van der Waals surface area contributed by atoms with Gasteiger partial charge < -0.3 is 5.73 Å². The molecular weight excluding hydrogens is 154 g/mol. The second kappa shape index (κ2) is 4.21. The zero-order valence-corrected chi connectivity index (χ0v) is 8.81. The minimum atomic E-state index is -0.632. The van der Waals surface area contributed by atoms with Crippen LogP contribution in [0, 0.1) is 0 Å². The lowest BCUT2D eigenvalue weighted by Gasteiger charge is -2.29. The first kappa shape index (κ1) is 11.9. The summed E-state index contributed by atoms with van der Waals surface area (Å²) in [6, 6.07) is 0. The summed E-state index contributed by atoms with van der Waals surface area (Å²) in [5.41, 5.74) is 4.93. The summed E-state index contributed by atoms with van der Waals surface area (Å²) in [6.45, 7) is 9.75. The van der Waals surface area contributed by atoms with Crippen LogP contribution in [-0.4, -0.2) is 11.3 Å². The van der Waals surface area contributed by atoms with Crippen molar-refractivity contribution in [1.29, 1.82) is 0 Å². The maximum absolute atomic E-state index is 5.86. The van der Waals surface area contributed by atoms with E-state index in [2.05, 4.69) is 0 Å². The Morgan fingerprint density at radius 1 is 1.00 bits per heavy atom. The molecule has 0 rings (SSSR count). The van der Waals surface area contributed by atoms with E-state index in [1.165, 1.54) is 0 Å². The molecule has 0 unspecified atom stereocenters. The smallest absolute Gasteiger partial charge is 0.151 e. The second-order valence-electron chi connectivity index (χ2n) is 4.05. The fraction of sp³-hybridized carbons (Fsp3) is 1.00. The van der Waals surface area contributed by atoms with Gasteiger partial charge in [0.25, 0.3) is 0 Å². The Hall–Kier alpha value is -0.120. The average molecular weight is 175 g/mol. The van der Waals surface area contributed by atoms with Crippen molar-refractivity contribution >= 4 is 0 Å². The van der Waals surface area contributed by atoms with Crippen LogP contribution < -0.4 is 5.73 Å². The molecular formula is C9H21NO2. The van der Waals surface area contributed by atoms with Crippen LogP contribution in [0.25, 0.3) is 0 Å². The van der Waals surface area contributed by atoms with E-state index in [-0.39, 0.29) is 5.60 Å². The van der Waals surface area contributed by atoms with Crippen LogP contribution in [0.1, 0.15) is 47.5 Å². The highest BCUT2D eigenvalue weighted by molar-refractivity contribution is 4.67. The van der Waals surface area contributed by atoms with Crippen LogP contribution in [0.15, 0.2) is 0 Å². The first-order valence-electron chi connectivity index (χ1n) is 4.48. The van der Waals surface area contributed by atoms with Gasteiger partial charge in [0, 0.05) is 0 Å². The van der Waals surface area contributed by atoms with E-state index in [0.717, 1.165) is 12.8 Å². The van der Waals surface area contributed by atoms with E-state index in [1.807, 2.05) is 34.6 Å². The third-order valence-electron chi connectivity index (χ3n) is 1.65. The van der Waals surface area contributed by atoms with Gasteiger partial charge in [-0.25, -0.2) is 9.78 Å². The second-order valence-corrected chi connectivity index (χ2v) is 4.05. The number of hydrogen-bond acceptors (Lipinski definition) is 3. The molecule has 2 N–H and O–H groups in total. The monoisotopic (exact) mass is 175 g/mol. The Morgan fingerprint density at radius 2 is 1.42 bits per heavy atom. The first-order chi connectivity index (χ1) is 5.33. The molecule has 0 amide bonds. The molecule has 0 aliphatic rings. The van der Waals surface area contributed by atoms with Gasteiger partial charge in [0.05, 0.1) is 5.60 Å². The highest BCUT2D eigenvalue weighted by Gasteiger charge is 2.25. The first-order valence-corrected chi connectivity index (χ1v) is 4.48. The SMILES string of the molecule is CCC(N)(CC)OOC(C)(C)C. The molecule has 3 nitrogen and oxygen atoms in total. The van der Waals surface area contributed by atoms with E-state index < -0.39 is 5.72 Å². The third kappa shape index (κ3) is 4.70. The summed E-state index contributed by atoms with van der Waals surface area (Å²) >= 11 is 0. The van der Waals surface area contributed by atoms with Gasteiger partial charge in [-0.1, -0.05) is 13.8 Å². The molecule has 0 fully saturated rings. The molecule has 0 saturated heterocycles. The van der Waals surface area contributed by atoms with Gasteiger partial charge in [-0.2, -0.15) is 0 Å². The molecule has 0 aromatic carbocycles. The normalized spacial score (nSPS) is 13.5. The summed E-state index contributed by atoms with van der Waals surface area (Å²) in [5, 5.41) is 0. The van der Waals surface area contributed by atoms with E-state index in [0.29, 0.717) is 0 Å². The zero-order chi connectivity index (χ0) is 9.83. The fourth-order valence-electron chi connectivity index (χ4n) is 0.576. The van der Waals surface area contributed by atoms with Crippen LogP contribution in [0.4, 0.5) is 0 Å². The quantitative estimate of drug-likeness (QED) is 0.405. The molecule has 74 valence electrons. The summed E-state index contributed by atoms with van der Waals surface area (Å²) in [6.07, 6.45) is 1.50. The fourth-order valence-corrected chi connectivity index (χ4v) is 0.576. The van der Waals surface area contributed by atoms with Crippen molar-refractivity contribution in [2.75, 3.05) is 0 Å². The van der Waals surface area contributed by atoms with Crippen LogP contribution >= 0.6 is 0 Å². The van der Waals surface area contributed by atoms with Crippen LogP contribution in [0.5, 0.6) is 0 Å². The van der Waals surface area contributed by atoms with Gasteiger partial charge in [-0.3, -0.25) is 0 Å². The third-order valence-corrected chi connectivity index (χ3v) is 1.65. The molecule has 0 aliphatic carbocycles. The van der Waals surface area contributed by atoms with Gasteiger partial charge in [-0.05, 0) is 33.6 Å². The Bertz CT molecular complexity index is 125. The van der Waals surface area contributed by atoms with E-state index in [9.17, 15) is 0 Å². The van der Waals surface area contributed by atoms with Crippen molar-refractivity contribution in [2.24, 2.45) is 5.73 Å². The molecule has 0 aromatic heterocycles. The maximum atomic E-state index is 5.86. The van der Waals surface area contributed by atoms with Gasteiger partial charge in [-0.15, -0.1) is 0 Å². The Kier molecular flexibility index (Phi) is 4.17. The largest absolute Gasteiger partial charge is 0.301 e. The van der Waals surface area contributed by atoms with Gasteiger partial charge in [0.15, 0.2) is 5.72 Å². The summed E-state index contributed by atoms with van der Waals surface area (Å²) in [5.74, 6) is 0. The van der Waals surface area contributed by atoms with E-state index in [4.69, 9.17) is 15.5 Å². The predicted octanol–water partition coefficient (Wildman–Crippen LogP) is 2.21. The Balaban J connectivity index is 3.89. The summed E-state index contributed by atoms with van der Waals surface area (Å²) in [7, 11) is 0. The Morgan fingerprint density at radius 3 is 1.67 bits per heavy atom. The minimum absolute atomic E-state index is 0.297. The van der Waals surface area contributed by atoms with Crippen molar-refractivity contribution in [3.05, 3.63) is 0 Å². The summed E-state index contributed by atoms with van der Waals surface area (Å²) < 4.78 is 0. The molecule has 0 radical (unpaired) electrons. The van der Waals surface area contributed by atoms with Crippen molar-refractivity contribution < 1.29 is 9.78 Å². The van der Waals surface area contributed by atoms with Gasteiger partial charge in [0.1, 0.15) is 0 Å². The van der Waals surface area contributed by atoms with E-state index in [1.54, 1.807) is 0 Å². The molecule has 0 heterocycles. The number of rotatable bonds is 4. The maximum Gasteiger partial charge on any atom is 0.151 e. The topological polar surface area (TPSA) is 44.5 Å². The highest BCUT2D eigenvalue weighted by atomic mass is 17.2. The lowest BCUT2D eigenvalue weighted by Crippen LogP contribution is -2.43. The van der Waals surface area contributed by atoms with Crippen molar-refractivity contribution in [1.82, 2.24) is 0 Å². The molecule has 0 saturated carbocycles.